The quantitative estimate of drug-likeness (QED) is 0.193. The summed E-state index contributed by atoms with van der Waals surface area (Å²) in [4.78, 5) is 25.0. The Balaban J connectivity index is 1.67. The third kappa shape index (κ3) is 3.78. The molecule has 7 heteroatoms. The van der Waals surface area contributed by atoms with Gasteiger partial charge in [-0.15, -0.1) is 0 Å². The molecular weight excluding hydrogens is 396 g/mol. The highest BCUT2D eigenvalue weighted by Crippen LogP contribution is 2.36. The summed E-state index contributed by atoms with van der Waals surface area (Å²) in [6.45, 7) is 0. The Morgan fingerprint density at radius 3 is 1.94 bits per heavy atom. The van der Waals surface area contributed by atoms with Crippen molar-refractivity contribution in [3.63, 3.8) is 0 Å². The molecule has 0 aliphatic heterocycles. The predicted molar refractivity (Wildman–Crippen MR) is 115 cm³/mol. The van der Waals surface area contributed by atoms with Gasteiger partial charge in [-0.3, -0.25) is 10.2 Å². The van der Waals surface area contributed by atoms with E-state index in [9.17, 15) is 19.8 Å². The summed E-state index contributed by atoms with van der Waals surface area (Å²) in [6, 6.07) is 20.9. The molecule has 3 aromatic rings. The lowest BCUT2D eigenvalue weighted by Gasteiger charge is -2.24. The number of hydrogen-bond acceptors (Lipinski definition) is 7. The molecule has 1 unspecified atom stereocenters. The first-order valence-electron chi connectivity index (χ1n) is 9.60. The fourth-order valence-corrected chi connectivity index (χ4v) is 3.57. The summed E-state index contributed by atoms with van der Waals surface area (Å²) in [5.74, 6) is -1.56. The topological polar surface area (TPSA) is 108 Å². The van der Waals surface area contributed by atoms with Crippen LogP contribution in [0.5, 0.6) is 5.75 Å². The Morgan fingerprint density at radius 1 is 0.903 bits per heavy atom. The molecule has 3 N–H and O–H groups in total. The second-order valence-electron chi connectivity index (χ2n) is 7.16. The Morgan fingerprint density at radius 2 is 1.42 bits per heavy atom. The van der Waals surface area contributed by atoms with Gasteiger partial charge in [-0.1, -0.05) is 48.5 Å². The number of carbonyl (C=O) groups excluding carboxylic acids is 2. The number of nitrogens with zero attached hydrogens (tertiary/aromatic N) is 1. The van der Waals surface area contributed by atoms with Crippen LogP contribution in [0.2, 0.25) is 0 Å². The van der Waals surface area contributed by atoms with E-state index in [1.807, 2.05) is 48.5 Å². The Hall–Kier alpha value is -3.97. The highest BCUT2D eigenvalue weighted by atomic mass is 16.5. The third-order valence-corrected chi connectivity index (χ3v) is 5.14. The fraction of sp³-hybridized carbons (Fsp3) is 0.125. The number of methoxy groups -OCH3 is 1. The molecule has 0 saturated heterocycles. The summed E-state index contributed by atoms with van der Waals surface area (Å²) in [5, 5.41) is 24.7. The van der Waals surface area contributed by atoms with E-state index in [4.69, 9.17) is 4.74 Å². The van der Waals surface area contributed by atoms with Gasteiger partial charge in [-0.2, -0.15) is 5.10 Å². The zero-order valence-corrected chi connectivity index (χ0v) is 16.7. The molecule has 4 rings (SSSR count). The Bertz CT molecular complexity index is 1140. The van der Waals surface area contributed by atoms with Gasteiger partial charge in [-0.05, 0) is 35.4 Å². The van der Waals surface area contributed by atoms with Crippen LogP contribution in [-0.4, -0.2) is 40.5 Å². The zero-order valence-electron chi connectivity index (χ0n) is 16.7. The van der Waals surface area contributed by atoms with Gasteiger partial charge in [-0.25, -0.2) is 4.79 Å². The summed E-state index contributed by atoms with van der Waals surface area (Å²) in [5.41, 5.74) is 4.54. The molecule has 0 bridgehead atoms. The average Bonchev–Trinajstić information content (AvgIpc) is 3.11. The van der Waals surface area contributed by atoms with Crippen molar-refractivity contribution in [2.75, 3.05) is 7.11 Å². The number of fused-ring (bicyclic) bond motifs is 3. The number of hydrazone groups is 1. The second kappa shape index (κ2) is 8.04. The van der Waals surface area contributed by atoms with Gasteiger partial charge in [0.2, 0.25) is 0 Å². The van der Waals surface area contributed by atoms with Crippen LogP contribution in [0, 0.1) is 0 Å². The lowest BCUT2D eigenvalue weighted by atomic mass is 10.0. The van der Waals surface area contributed by atoms with Crippen LogP contribution < -0.4 is 5.43 Å². The van der Waals surface area contributed by atoms with Crippen molar-refractivity contribution in [1.82, 2.24) is 5.43 Å². The van der Waals surface area contributed by atoms with E-state index in [1.165, 1.54) is 24.3 Å². The van der Waals surface area contributed by atoms with Crippen molar-refractivity contribution in [2.45, 2.75) is 12.1 Å². The van der Waals surface area contributed by atoms with Crippen LogP contribution in [0.25, 0.3) is 11.1 Å². The number of aromatic hydroxyl groups is 1. The molecular formula is C24H20N2O5. The van der Waals surface area contributed by atoms with Gasteiger partial charge in [0.1, 0.15) is 5.75 Å². The minimum Gasteiger partial charge on any atom is -0.508 e. The number of ether oxygens (including phenoxy) is 1. The zero-order chi connectivity index (χ0) is 22.0. The molecule has 0 heterocycles. The minimum absolute atomic E-state index is 0.00266. The Labute approximate surface area is 178 Å². The van der Waals surface area contributed by atoms with Crippen LogP contribution in [0.3, 0.4) is 0 Å². The number of phenolic OH excluding ortho intramolecular Hbond substituents is 1. The van der Waals surface area contributed by atoms with E-state index in [2.05, 4.69) is 10.5 Å². The number of ketones is 1. The summed E-state index contributed by atoms with van der Waals surface area (Å²) >= 11 is 0. The SMILES string of the molecule is COC(=O)C(O)(CC(=O)c1ccc(O)cc1)NN=C1c2ccccc2-c2ccccc21. The monoisotopic (exact) mass is 416 g/mol. The van der Waals surface area contributed by atoms with Crippen LogP contribution in [0.15, 0.2) is 77.9 Å². The van der Waals surface area contributed by atoms with Crippen molar-refractivity contribution in [2.24, 2.45) is 5.10 Å². The Kier molecular flexibility index (Phi) is 5.27. The maximum absolute atomic E-state index is 12.6. The highest BCUT2D eigenvalue weighted by Gasteiger charge is 2.40. The van der Waals surface area contributed by atoms with Crippen LogP contribution >= 0.6 is 0 Å². The first-order chi connectivity index (χ1) is 14.9. The number of carbonyl (C=O) groups is 2. The van der Waals surface area contributed by atoms with Crippen LogP contribution in [0.1, 0.15) is 27.9 Å². The first kappa shape index (κ1) is 20.3. The number of aliphatic hydroxyl groups is 1. The van der Waals surface area contributed by atoms with Gasteiger partial charge < -0.3 is 14.9 Å². The van der Waals surface area contributed by atoms with E-state index in [0.29, 0.717) is 5.71 Å². The highest BCUT2D eigenvalue weighted by molar-refractivity contribution is 6.24. The van der Waals surface area contributed by atoms with Crippen molar-refractivity contribution < 1.29 is 24.5 Å². The maximum atomic E-state index is 12.6. The second-order valence-corrected chi connectivity index (χ2v) is 7.16. The van der Waals surface area contributed by atoms with E-state index >= 15 is 0 Å². The van der Waals surface area contributed by atoms with Crippen molar-refractivity contribution in [1.29, 1.82) is 0 Å². The number of nitrogens with one attached hydrogen (secondary N) is 1. The molecule has 0 spiro atoms. The van der Waals surface area contributed by atoms with E-state index < -0.39 is 23.9 Å². The van der Waals surface area contributed by atoms with E-state index in [1.54, 1.807) is 0 Å². The molecule has 1 aliphatic carbocycles. The number of rotatable bonds is 6. The third-order valence-electron chi connectivity index (χ3n) is 5.14. The number of esters is 1. The van der Waals surface area contributed by atoms with Gasteiger partial charge in [0.15, 0.2) is 5.78 Å². The summed E-state index contributed by atoms with van der Waals surface area (Å²) < 4.78 is 4.71. The average molecular weight is 416 g/mol. The number of hydrogen-bond donors (Lipinski definition) is 3. The lowest BCUT2D eigenvalue weighted by Crippen LogP contribution is -2.52. The van der Waals surface area contributed by atoms with E-state index in [0.717, 1.165) is 29.4 Å². The lowest BCUT2D eigenvalue weighted by molar-refractivity contribution is -0.165. The first-order valence-corrected chi connectivity index (χ1v) is 9.60. The summed E-state index contributed by atoms with van der Waals surface area (Å²) in [7, 11) is 1.12. The molecule has 31 heavy (non-hydrogen) atoms. The van der Waals surface area contributed by atoms with E-state index in [-0.39, 0.29) is 11.3 Å². The maximum Gasteiger partial charge on any atom is 0.361 e. The predicted octanol–water partition coefficient (Wildman–Crippen LogP) is 2.85. The standard InChI is InChI=1S/C24H20N2O5/c1-31-23(29)24(30,14-21(28)15-10-12-16(27)13-11-15)26-25-22-19-8-4-2-6-17(19)18-7-3-5-9-20(18)22/h2-13,26-27,30H,14H2,1H3. The molecule has 156 valence electrons. The largest absolute Gasteiger partial charge is 0.508 e. The smallest absolute Gasteiger partial charge is 0.361 e. The van der Waals surface area contributed by atoms with Gasteiger partial charge in [0.05, 0.1) is 19.2 Å². The molecule has 0 aromatic heterocycles. The molecule has 7 nitrogen and oxygen atoms in total. The van der Waals surface area contributed by atoms with Crippen molar-refractivity contribution in [3.05, 3.63) is 89.5 Å². The molecule has 1 atom stereocenters. The molecule has 0 amide bonds. The molecule has 3 aromatic carbocycles. The molecule has 0 saturated carbocycles. The fourth-order valence-electron chi connectivity index (χ4n) is 3.57. The van der Waals surface area contributed by atoms with Crippen molar-refractivity contribution >= 4 is 17.5 Å². The van der Waals surface area contributed by atoms with Crippen molar-refractivity contribution in [3.8, 4) is 16.9 Å². The molecule has 1 aliphatic rings. The van der Waals surface area contributed by atoms with Gasteiger partial charge >= 0.3 is 5.97 Å². The summed E-state index contributed by atoms with van der Waals surface area (Å²) in [6.07, 6.45) is -0.607. The van der Waals surface area contributed by atoms with Crippen LogP contribution in [-0.2, 0) is 9.53 Å². The number of Topliss-reactive ketones (excluding diaryl/α,β-unsaturated/α-hetero) is 1. The van der Waals surface area contributed by atoms with Gasteiger partial charge in [0, 0.05) is 16.7 Å². The molecule has 0 radical (unpaired) electrons. The normalized spacial score (nSPS) is 13.5. The van der Waals surface area contributed by atoms with Gasteiger partial charge in [0.25, 0.3) is 5.72 Å². The van der Waals surface area contributed by atoms with Crippen LogP contribution in [0.4, 0.5) is 0 Å². The number of benzene rings is 3. The number of phenols is 1. The molecule has 0 fully saturated rings. The minimum atomic E-state index is -2.37.